The van der Waals surface area contributed by atoms with E-state index in [1.54, 1.807) is 17.5 Å². The van der Waals surface area contributed by atoms with Gasteiger partial charge in [0.1, 0.15) is 0 Å². The van der Waals surface area contributed by atoms with E-state index in [9.17, 15) is 4.79 Å². The van der Waals surface area contributed by atoms with E-state index < -0.39 is 0 Å². The first-order valence-electron chi connectivity index (χ1n) is 9.15. The zero-order valence-electron chi connectivity index (χ0n) is 14.9. The Hall–Kier alpha value is -1.51. The average Bonchev–Trinajstić information content (AvgIpc) is 3.28. The zero-order chi connectivity index (χ0) is 17.2. The van der Waals surface area contributed by atoms with E-state index >= 15 is 0 Å². The molecule has 0 spiro atoms. The SMILES string of the molecule is CCC1CCc2nc(NC(=O)c3cn(C4CCNCC4)nn3)sc2C1.Cl. The van der Waals surface area contributed by atoms with Crippen molar-refractivity contribution in [3.8, 4) is 0 Å². The van der Waals surface area contributed by atoms with E-state index in [-0.39, 0.29) is 18.3 Å². The number of halogens is 1. The molecule has 1 unspecified atom stereocenters. The summed E-state index contributed by atoms with van der Waals surface area (Å²) in [4.78, 5) is 18.4. The van der Waals surface area contributed by atoms with Gasteiger partial charge in [-0.15, -0.1) is 28.8 Å². The Labute approximate surface area is 163 Å². The maximum Gasteiger partial charge on any atom is 0.279 e. The molecule has 1 fully saturated rings. The number of rotatable bonds is 4. The monoisotopic (exact) mass is 396 g/mol. The molecule has 4 rings (SSSR count). The standard InChI is InChI=1S/C17H24N6OS.ClH/c1-2-11-3-4-13-15(9-11)25-17(19-13)20-16(24)14-10-23(22-21-14)12-5-7-18-8-6-12;/h10-12,18H,2-9H2,1H3,(H,19,20,24);1H. The van der Waals surface area contributed by atoms with Gasteiger partial charge in [-0.3, -0.25) is 10.1 Å². The fraction of sp³-hybridized carbons (Fsp3) is 0.647. The maximum absolute atomic E-state index is 12.5. The summed E-state index contributed by atoms with van der Waals surface area (Å²) in [5, 5.41) is 15.1. The van der Waals surface area contributed by atoms with Crippen molar-refractivity contribution in [1.82, 2.24) is 25.3 Å². The predicted molar refractivity (Wildman–Crippen MR) is 104 cm³/mol. The van der Waals surface area contributed by atoms with Gasteiger partial charge in [-0.25, -0.2) is 9.67 Å². The lowest BCUT2D eigenvalue weighted by atomic mass is 9.89. The smallest absolute Gasteiger partial charge is 0.279 e. The van der Waals surface area contributed by atoms with Crippen molar-refractivity contribution in [3.05, 3.63) is 22.5 Å². The van der Waals surface area contributed by atoms with E-state index in [0.29, 0.717) is 16.9 Å². The number of amides is 1. The molecule has 1 amide bonds. The topological polar surface area (TPSA) is 84.7 Å². The summed E-state index contributed by atoms with van der Waals surface area (Å²) < 4.78 is 1.83. The van der Waals surface area contributed by atoms with E-state index in [2.05, 4.69) is 32.9 Å². The highest BCUT2D eigenvalue weighted by molar-refractivity contribution is 7.15. The summed E-state index contributed by atoms with van der Waals surface area (Å²) >= 11 is 1.61. The van der Waals surface area contributed by atoms with Crippen LogP contribution in [-0.4, -0.2) is 39.0 Å². The van der Waals surface area contributed by atoms with Gasteiger partial charge in [-0.05, 0) is 51.1 Å². The van der Waals surface area contributed by atoms with E-state index in [1.165, 1.54) is 17.7 Å². The summed E-state index contributed by atoms with van der Waals surface area (Å²) in [5.74, 6) is 0.528. The number of anilines is 1. The number of aromatic nitrogens is 4. The van der Waals surface area contributed by atoms with Gasteiger partial charge in [0.25, 0.3) is 5.91 Å². The van der Waals surface area contributed by atoms with Crippen molar-refractivity contribution < 1.29 is 4.79 Å². The van der Waals surface area contributed by atoms with Crippen LogP contribution in [0, 0.1) is 5.92 Å². The van der Waals surface area contributed by atoms with Crippen molar-refractivity contribution in [2.75, 3.05) is 18.4 Å². The first-order chi connectivity index (χ1) is 12.2. The van der Waals surface area contributed by atoms with Gasteiger partial charge in [0.15, 0.2) is 10.8 Å². The fourth-order valence-electron chi connectivity index (χ4n) is 3.64. The van der Waals surface area contributed by atoms with Gasteiger partial charge in [0.05, 0.1) is 17.9 Å². The van der Waals surface area contributed by atoms with Crippen LogP contribution in [0.5, 0.6) is 0 Å². The molecule has 1 aliphatic heterocycles. The minimum atomic E-state index is -0.224. The lowest BCUT2D eigenvalue weighted by molar-refractivity contribution is 0.102. The van der Waals surface area contributed by atoms with Gasteiger partial charge in [0, 0.05) is 4.88 Å². The number of nitrogens with zero attached hydrogens (tertiary/aromatic N) is 4. The number of fused-ring (bicyclic) bond motifs is 1. The molecule has 1 aliphatic carbocycles. The molecule has 2 aromatic heterocycles. The molecule has 2 aromatic rings. The Morgan fingerprint density at radius 1 is 1.38 bits per heavy atom. The Balaban J connectivity index is 0.00000196. The molecule has 0 aromatic carbocycles. The Morgan fingerprint density at radius 3 is 2.96 bits per heavy atom. The number of hydrogen-bond acceptors (Lipinski definition) is 6. The number of piperidine rings is 1. The second-order valence-electron chi connectivity index (χ2n) is 6.93. The number of carbonyl (C=O) groups excluding carboxylic acids is 1. The van der Waals surface area contributed by atoms with Crippen LogP contribution in [0.2, 0.25) is 0 Å². The largest absolute Gasteiger partial charge is 0.317 e. The number of aryl methyl sites for hydroxylation is 1. The van der Waals surface area contributed by atoms with E-state index in [1.807, 2.05) is 4.68 Å². The Kier molecular flexibility index (Phi) is 6.26. The van der Waals surface area contributed by atoms with Gasteiger partial charge < -0.3 is 5.32 Å². The number of thiazole rings is 1. The Morgan fingerprint density at radius 2 is 2.19 bits per heavy atom. The van der Waals surface area contributed by atoms with Crippen molar-refractivity contribution in [1.29, 1.82) is 0 Å². The van der Waals surface area contributed by atoms with Crippen LogP contribution in [0.25, 0.3) is 0 Å². The minimum Gasteiger partial charge on any atom is -0.317 e. The molecule has 0 saturated carbocycles. The minimum absolute atomic E-state index is 0. The first-order valence-corrected chi connectivity index (χ1v) is 9.97. The van der Waals surface area contributed by atoms with Crippen molar-refractivity contribution in [2.45, 2.75) is 51.5 Å². The Bertz CT molecular complexity index is 754. The molecule has 2 aliphatic rings. The summed E-state index contributed by atoms with van der Waals surface area (Å²) in [6.45, 7) is 4.20. The number of hydrogen-bond donors (Lipinski definition) is 2. The van der Waals surface area contributed by atoms with Crippen LogP contribution in [0.4, 0.5) is 5.13 Å². The molecule has 142 valence electrons. The van der Waals surface area contributed by atoms with Crippen LogP contribution >= 0.6 is 23.7 Å². The molecule has 1 saturated heterocycles. The van der Waals surface area contributed by atoms with Crippen LogP contribution in [0.1, 0.15) is 59.7 Å². The van der Waals surface area contributed by atoms with Crippen LogP contribution in [0.15, 0.2) is 6.20 Å². The quantitative estimate of drug-likeness (QED) is 0.830. The molecule has 3 heterocycles. The number of nitrogens with one attached hydrogen (secondary N) is 2. The highest BCUT2D eigenvalue weighted by atomic mass is 35.5. The van der Waals surface area contributed by atoms with Gasteiger partial charge in [-0.1, -0.05) is 18.6 Å². The second kappa shape index (κ2) is 8.45. The van der Waals surface area contributed by atoms with Gasteiger partial charge >= 0.3 is 0 Å². The molecule has 1 atom stereocenters. The van der Waals surface area contributed by atoms with Gasteiger partial charge in [-0.2, -0.15) is 0 Å². The fourth-order valence-corrected chi connectivity index (χ4v) is 4.75. The molecule has 9 heteroatoms. The third-order valence-corrected chi connectivity index (χ3v) is 6.30. The zero-order valence-corrected chi connectivity index (χ0v) is 16.5. The summed E-state index contributed by atoms with van der Waals surface area (Å²) in [6.07, 6.45) is 8.30. The maximum atomic E-state index is 12.5. The van der Waals surface area contributed by atoms with E-state index in [4.69, 9.17) is 0 Å². The molecule has 2 N–H and O–H groups in total. The lowest BCUT2D eigenvalue weighted by Crippen LogP contribution is -2.29. The highest BCUT2D eigenvalue weighted by Crippen LogP contribution is 2.33. The summed E-state index contributed by atoms with van der Waals surface area (Å²) in [6, 6.07) is 0.327. The average molecular weight is 397 g/mol. The lowest BCUT2D eigenvalue weighted by Gasteiger charge is -2.21. The third kappa shape index (κ3) is 4.07. The summed E-state index contributed by atoms with van der Waals surface area (Å²) in [7, 11) is 0. The van der Waals surface area contributed by atoms with Crippen molar-refractivity contribution in [3.63, 3.8) is 0 Å². The molecule has 26 heavy (non-hydrogen) atoms. The molecule has 7 nitrogen and oxygen atoms in total. The van der Waals surface area contributed by atoms with Gasteiger partial charge in [0.2, 0.25) is 0 Å². The third-order valence-electron chi connectivity index (χ3n) is 5.27. The van der Waals surface area contributed by atoms with Crippen molar-refractivity contribution >= 4 is 34.8 Å². The normalized spacial score (nSPS) is 20.3. The van der Waals surface area contributed by atoms with E-state index in [0.717, 1.165) is 50.4 Å². The van der Waals surface area contributed by atoms with Crippen molar-refractivity contribution in [2.24, 2.45) is 5.92 Å². The predicted octanol–water partition coefficient (Wildman–Crippen LogP) is 2.85. The summed E-state index contributed by atoms with van der Waals surface area (Å²) in [5.41, 5.74) is 1.52. The molecular formula is C17H25ClN6OS. The second-order valence-corrected chi connectivity index (χ2v) is 8.01. The molecule has 0 bridgehead atoms. The first kappa shape index (κ1) is 19.3. The number of carbonyl (C=O) groups is 1. The molecule has 0 radical (unpaired) electrons. The highest BCUT2D eigenvalue weighted by Gasteiger charge is 2.23. The van der Waals surface area contributed by atoms with Crippen LogP contribution in [0.3, 0.4) is 0 Å². The molecular weight excluding hydrogens is 372 g/mol. The van der Waals surface area contributed by atoms with Crippen LogP contribution in [-0.2, 0) is 12.8 Å². The van der Waals surface area contributed by atoms with Crippen LogP contribution < -0.4 is 10.6 Å².